The molecule has 2 N–H and O–H groups in total. The summed E-state index contributed by atoms with van der Waals surface area (Å²) in [6.07, 6.45) is 0.0930. The molecule has 8 nitrogen and oxygen atoms in total. The number of carbonyl (C=O) groups excluding carboxylic acids is 1. The molecular weight excluding hydrogens is 364 g/mol. The maximum Gasteiger partial charge on any atom is 0.326 e. The fraction of sp³-hybridized carbons (Fsp3) is 0.176. The first-order valence-corrected chi connectivity index (χ1v) is 7.87. The standard InChI is InChI=1S/C17H15ClN2O6/c18-12-3-1-11(2-4-12)9-15(17(22)23)19-16(21)10-26-14-7-5-13(6-8-14)20(24)25/h1-8,15H,9-10H2,(H,19,21)(H,22,23)/t15-/m1/s1. The summed E-state index contributed by atoms with van der Waals surface area (Å²) < 4.78 is 5.20. The minimum absolute atomic E-state index is 0.0930. The topological polar surface area (TPSA) is 119 Å². The summed E-state index contributed by atoms with van der Waals surface area (Å²) in [6.45, 7) is -0.414. The number of benzene rings is 2. The normalized spacial score (nSPS) is 11.4. The van der Waals surface area contributed by atoms with E-state index in [1.807, 2.05) is 0 Å². The quantitative estimate of drug-likeness (QED) is 0.538. The van der Waals surface area contributed by atoms with E-state index in [1.165, 1.54) is 24.3 Å². The molecule has 9 heteroatoms. The zero-order chi connectivity index (χ0) is 19.1. The molecule has 1 atom stereocenters. The fourth-order valence-corrected chi connectivity index (χ4v) is 2.23. The molecule has 136 valence electrons. The van der Waals surface area contributed by atoms with Crippen LogP contribution in [0.1, 0.15) is 5.56 Å². The van der Waals surface area contributed by atoms with Crippen molar-refractivity contribution < 1.29 is 24.4 Å². The number of carboxylic acids is 1. The Morgan fingerprint density at radius 2 is 1.77 bits per heavy atom. The average molecular weight is 379 g/mol. The number of nitrogens with zero attached hydrogens (tertiary/aromatic N) is 1. The summed E-state index contributed by atoms with van der Waals surface area (Å²) in [4.78, 5) is 33.3. The molecule has 0 saturated carbocycles. The number of carboxylic acid groups (broad SMARTS) is 1. The Hall–Kier alpha value is -3.13. The molecule has 0 aromatic heterocycles. The first-order valence-electron chi connectivity index (χ1n) is 7.49. The second-order valence-corrected chi connectivity index (χ2v) is 5.77. The van der Waals surface area contributed by atoms with Gasteiger partial charge in [-0.25, -0.2) is 4.79 Å². The number of nitro benzene ring substituents is 1. The van der Waals surface area contributed by atoms with Gasteiger partial charge in [0, 0.05) is 23.6 Å². The largest absolute Gasteiger partial charge is 0.484 e. The monoisotopic (exact) mass is 378 g/mol. The molecule has 0 unspecified atom stereocenters. The van der Waals surface area contributed by atoms with Crippen molar-refractivity contribution >= 4 is 29.2 Å². The summed E-state index contributed by atoms with van der Waals surface area (Å²) in [5, 5.41) is 22.7. The Balaban J connectivity index is 1.89. The van der Waals surface area contributed by atoms with Crippen LogP contribution in [0.15, 0.2) is 48.5 Å². The van der Waals surface area contributed by atoms with Gasteiger partial charge in [-0.3, -0.25) is 14.9 Å². The van der Waals surface area contributed by atoms with E-state index in [4.69, 9.17) is 16.3 Å². The number of ether oxygens (including phenoxy) is 1. The number of nitrogens with one attached hydrogen (secondary N) is 1. The zero-order valence-corrected chi connectivity index (χ0v) is 14.2. The van der Waals surface area contributed by atoms with E-state index in [9.17, 15) is 24.8 Å². The van der Waals surface area contributed by atoms with E-state index in [1.54, 1.807) is 24.3 Å². The third-order valence-corrected chi connectivity index (χ3v) is 3.66. The van der Waals surface area contributed by atoms with Crippen molar-refractivity contribution in [2.24, 2.45) is 0 Å². The SMILES string of the molecule is O=C(COc1ccc([N+](=O)[O-])cc1)N[C@H](Cc1ccc(Cl)cc1)C(=O)O. The Morgan fingerprint density at radius 3 is 2.31 bits per heavy atom. The summed E-state index contributed by atoms with van der Waals surface area (Å²) in [5.41, 5.74) is 0.606. The lowest BCUT2D eigenvalue weighted by molar-refractivity contribution is -0.384. The number of amides is 1. The third kappa shape index (κ3) is 5.75. The number of carbonyl (C=O) groups is 2. The molecular formula is C17H15ClN2O6. The highest BCUT2D eigenvalue weighted by Gasteiger charge is 2.20. The highest BCUT2D eigenvalue weighted by molar-refractivity contribution is 6.30. The Morgan fingerprint density at radius 1 is 1.15 bits per heavy atom. The van der Waals surface area contributed by atoms with Crippen LogP contribution in [0.5, 0.6) is 5.75 Å². The van der Waals surface area contributed by atoms with Gasteiger partial charge < -0.3 is 15.2 Å². The second kappa shape index (κ2) is 8.82. The summed E-state index contributed by atoms with van der Waals surface area (Å²) in [6, 6.07) is 10.7. The molecule has 26 heavy (non-hydrogen) atoms. The second-order valence-electron chi connectivity index (χ2n) is 5.33. The van der Waals surface area contributed by atoms with Gasteiger partial charge in [-0.05, 0) is 29.8 Å². The van der Waals surface area contributed by atoms with E-state index in [-0.39, 0.29) is 17.9 Å². The molecule has 0 spiro atoms. The van der Waals surface area contributed by atoms with E-state index < -0.39 is 29.4 Å². The van der Waals surface area contributed by atoms with Crippen LogP contribution in [0.2, 0.25) is 5.02 Å². The Labute approximate surface area is 153 Å². The van der Waals surface area contributed by atoms with Gasteiger partial charge in [-0.15, -0.1) is 0 Å². The number of nitro groups is 1. The van der Waals surface area contributed by atoms with E-state index in [0.29, 0.717) is 10.6 Å². The van der Waals surface area contributed by atoms with Crippen LogP contribution < -0.4 is 10.1 Å². The maximum atomic E-state index is 11.9. The summed E-state index contributed by atoms with van der Waals surface area (Å²) in [5.74, 6) is -1.54. The lowest BCUT2D eigenvalue weighted by Gasteiger charge is -2.15. The van der Waals surface area contributed by atoms with Crippen LogP contribution in [0.4, 0.5) is 5.69 Å². The molecule has 2 aromatic rings. The third-order valence-electron chi connectivity index (χ3n) is 3.40. The lowest BCUT2D eigenvalue weighted by atomic mass is 10.1. The molecule has 1 amide bonds. The Kier molecular flexibility index (Phi) is 6.51. The van der Waals surface area contributed by atoms with Crippen molar-refractivity contribution in [3.63, 3.8) is 0 Å². The molecule has 0 radical (unpaired) electrons. The van der Waals surface area contributed by atoms with Gasteiger partial charge in [0.05, 0.1) is 4.92 Å². The molecule has 0 aliphatic carbocycles. The van der Waals surface area contributed by atoms with Crippen molar-refractivity contribution in [1.29, 1.82) is 0 Å². The molecule has 2 rings (SSSR count). The molecule has 0 aliphatic rings. The van der Waals surface area contributed by atoms with E-state index in [2.05, 4.69) is 5.32 Å². The van der Waals surface area contributed by atoms with Gasteiger partial charge in [0.2, 0.25) is 0 Å². The highest BCUT2D eigenvalue weighted by Crippen LogP contribution is 2.17. The average Bonchev–Trinajstić information content (AvgIpc) is 2.61. The van der Waals surface area contributed by atoms with Crippen molar-refractivity contribution in [1.82, 2.24) is 5.32 Å². The van der Waals surface area contributed by atoms with E-state index >= 15 is 0 Å². The van der Waals surface area contributed by atoms with Gasteiger partial charge in [-0.2, -0.15) is 0 Å². The first-order chi connectivity index (χ1) is 12.3. The predicted octanol–water partition coefficient (Wildman–Crippen LogP) is 2.44. The highest BCUT2D eigenvalue weighted by atomic mass is 35.5. The first kappa shape index (κ1) is 19.2. The van der Waals surface area contributed by atoms with Gasteiger partial charge in [-0.1, -0.05) is 23.7 Å². The molecule has 2 aromatic carbocycles. The van der Waals surface area contributed by atoms with E-state index in [0.717, 1.165) is 0 Å². The van der Waals surface area contributed by atoms with Crippen LogP contribution in [0.25, 0.3) is 0 Å². The number of halogens is 1. The zero-order valence-electron chi connectivity index (χ0n) is 13.4. The molecule has 0 heterocycles. The van der Waals surface area contributed by atoms with Crippen molar-refractivity contribution in [2.75, 3.05) is 6.61 Å². The number of hydrogen-bond acceptors (Lipinski definition) is 5. The molecule has 0 bridgehead atoms. The van der Waals surface area contributed by atoms with Crippen LogP contribution >= 0.6 is 11.6 Å². The predicted molar refractivity (Wildman–Crippen MR) is 93.3 cm³/mol. The van der Waals surface area contributed by atoms with Gasteiger partial charge >= 0.3 is 5.97 Å². The van der Waals surface area contributed by atoms with Crippen LogP contribution in [-0.4, -0.2) is 34.6 Å². The maximum absolute atomic E-state index is 11.9. The lowest BCUT2D eigenvalue weighted by Crippen LogP contribution is -2.44. The Bertz CT molecular complexity index is 792. The number of aliphatic carboxylic acids is 1. The molecule has 0 aliphatic heterocycles. The molecule has 0 fully saturated rings. The van der Waals surface area contributed by atoms with Crippen molar-refractivity contribution in [3.05, 3.63) is 69.2 Å². The van der Waals surface area contributed by atoms with Gasteiger partial charge in [0.1, 0.15) is 11.8 Å². The summed E-state index contributed by atoms with van der Waals surface area (Å²) >= 11 is 5.78. The van der Waals surface area contributed by atoms with Crippen LogP contribution in [-0.2, 0) is 16.0 Å². The number of hydrogen-bond donors (Lipinski definition) is 2. The number of rotatable bonds is 8. The van der Waals surface area contributed by atoms with Crippen LogP contribution in [0, 0.1) is 10.1 Å². The van der Waals surface area contributed by atoms with Crippen molar-refractivity contribution in [3.8, 4) is 5.75 Å². The minimum atomic E-state index is -1.18. The smallest absolute Gasteiger partial charge is 0.326 e. The van der Waals surface area contributed by atoms with Crippen LogP contribution in [0.3, 0.4) is 0 Å². The van der Waals surface area contributed by atoms with Gasteiger partial charge in [0.15, 0.2) is 6.61 Å². The van der Waals surface area contributed by atoms with Crippen molar-refractivity contribution in [2.45, 2.75) is 12.5 Å². The van der Waals surface area contributed by atoms with Gasteiger partial charge in [0.25, 0.3) is 11.6 Å². The summed E-state index contributed by atoms with van der Waals surface area (Å²) in [7, 11) is 0. The fourth-order valence-electron chi connectivity index (χ4n) is 2.11. The number of non-ortho nitro benzene ring substituents is 1. The molecule has 0 saturated heterocycles. The minimum Gasteiger partial charge on any atom is -0.484 e.